The summed E-state index contributed by atoms with van der Waals surface area (Å²) in [4.78, 5) is 11.1. The molecule has 5 nitrogen and oxygen atoms in total. The Kier molecular flexibility index (Phi) is 5.82. The van der Waals surface area contributed by atoms with Gasteiger partial charge in [-0.25, -0.2) is 13.2 Å². The van der Waals surface area contributed by atoms with Crippen LogP contribution in [0.25, 0.3) is 0 Å². The van der Waals surface area contributed by atoms with Crippen LogP contribution in [0.15, 0.2) is 47.4 Å². The van der Waals surface area contributed by atoms with Gasteiger partial charge in [0, 0.05) is 5.69 Å². The van der Waals surface area contributed by atoms with Gasteiger partial charge in [-0.15, -0.1) is 0 Å². The largest absolute Gasteiger partial charge is 0.462 e. The monoisotopic (exact) mass is 407 g/mol. The molecule has 10 heteroatoms. The first-order chi connectivity index (χ1) is 12.0. The lowest BCUT2D eigenvalue weighted by atomic mass is 10.2. The molecule has 0 heterocycles. The number of alkyl halides is 3. The van der Waals surface area contributed by atoms with E-state index in [0.29, 0.717) is 6.07 Å². The first kappa shape index (κ1) is 20.1. The van der Waals surface area contributed by atoms with Crippen LogP contribution in [0.1, 0.15) is 22.8 Å². The Balaban J connectivity index is 2.35. The third-order valence-corrected chi connectivity index (χ3v) is 4.89. The molecule has 0 fully saturated rings. The molecule has 0 saturated heterocycles. The number of halogens is 4. The van der Waals surface area contributed by atoms with Gasteiger partial charge in [-0.1, -0.05) is 17.7 Å². The minimum atomic E-state index is -4.80. The summed E-state index contributed by atoms with van der Waals surface area (Å²) in [6.07, 6.45) is -4.80. The molecule has 0 radical (unpaired) electrons. The van der Waals surface area contributed by atoms with Crippen LogP contribution in [-0.2, 0) is 20.9 Å². The molecule has 0 bridgehead atoms. The average molecular weight is 408 g/mol. The van der Waals surface area contributed by atoms with Crippen LogP contribution in [0, 0.1) is 0 Å². The summed E-state index contributed by atoms with van der Waals surface area (Å²) in [6.45, 7) is 1.75. The summed E-state index contributed by atoms with van der Waals surface area (Å²) in [6, 6.07) is 7.65. The molecule has 0 aliphatic rings. The number of hydrogen-bond donors (Lipinski definition) is 1. The molecule has 0 atom stereocenters. The van der Waals surface area contributed by atoms with Gasteiger partial charge in [0.15, 0.2) is 0 Å². The minimum Gasteiger partial charge on any atom is -0.462 e. The molecule has 0 saturated carbocycles. The number of benzene rings is 2. The smallest absolute Gasteiger partial charge is 0.417 e. The number of esters is 1. The van der Waals surface area contributed by atoms with Crippen LogP contribution >= 0.6 is 11.6 Å². The Hall–Kier alpha value is -2.26. The van der Waals surface area contributed by atoms with Gasteiger partial charge in [-0.05, 0) is 43.3 Å². The summed E-state index contributed by atoms with van der Waals surface area (Å²) in [5.41, 5.74) is -1.17. The van der Waals surface area contributed by atoms with Crippen molar-refractivity contribution >= 4 is 33.3 Å². The Morgan fingerprint density at radius 3 is 2.50 bits per heavy atom. The molecule has 0 aromatic heterocycles. The number of anilines is 1. The molecular weight excluding hydrogens is 395 g/mol. The second-order valence-corrected chi connectivity index (χ2v) is 7.14. The normalized spacial score (nSPS) is 11.9. The fourth-order valence-electron chi connectivity index (χ4n) is 2.03. The van der Waals surface area contributed by atoms with Crippen molar-refractivity contribution in [3.63, 3.8) is 0 Å². The number of nitrogens with one attached hydrogen (secondary N) is 1. The average Bonchev–Trinajstić information content (AvgIpc) is 2.54. The molecule has 0 amide bonds. The molecule has 140 valence electrons. The Morgan fingerprint density at radius 2 is 1.88 bits per heavy atom. The molecule has 0 aliphatic heterocycles. The molecule has 0 spiro atoms. The Bertz CT molecular complexity index is 929. The Labute approximate surface area is 152 Å². The third-order valence-electron chi connectivity index (χ3n) is 3.18. The van der Waals surface area contributed by atoms with E-state index in [1.807, 2.05) is 0 Å². The molecule has 2 rings (SSSR count). The van der Waals surface area contributed by atoms with Gasteiger partial charge >= 0.3 is 12.1 Å². The maximum absolute atomic E-state index is 12.9. The number of carbonyl (C=O) groups is 1. The first-order valence-electron chi connectivity index (χ1n) is 7.21. The predicted molar refractivity (Wildman–Crippen MR) is 89.7 cm³/mol. The van der Waals surface area contributed by atoms with Gasteiger partial charge in [0.2, 0.25) is 0 Å². The molecular formula is C16H13ClF3NO4S. The second-order valence-electron chi connectivity index (χ2n) is 5.05. The number of carbonyl (C=O) groups excluding carboxylic acids is 1. The quantitative estimate of drug-likeness (QED) is 0.748. The van der Waals surface area contributed by atoms with Crippen molar-refractivity contribution in [3.05, 3.63) is 58.6 Å². The van der Waals surface area contributed by atoms with Crippen LogP contribution in [-0.4, -0.2) is 21.0 Å². The molecule has 0 unspecified atom stereocenters. The van der Waals surface area contributed by atoms with E-state index in [-0.39, 0.29) is 17.9 Å². The lowest BCUT2D eigenvalue weighted by Crippen LogP contribution is -2.15. The van der Waals surface area contributed by atoms with Gasteiger partial charge in [-0.3, -0.25) is 4.72 Å². The van der Waals surface area contributed by atoms with Crippen molar-refractivity contribution in [1.29, 1.82) is 0 Å². The van der Waals surface area contributed by atoms with Crippen molar-refractivity contribution in [2.24, 2.45) is 0 Å². The van der Waals surface area contributed by atoms with E-state index in [1.54, 1.807) is 6.92 Å². The van der Waals surface area contributed by atoms with Gasteiger partial charge in [-0.2, -0.15) is 13.2 Å². The van der Waals surface area contributed by atoms with Crippen LogP contribution in [0.5, 0.6) is 0 Å². The van der Waals surface area contributed by atoms with E-state index in [2.05, 4.69) is 4.72 Å². The first-order valence-corrected chi connectivity index (χ1v) is 9.07. The molecule has 26 heavy (non-hydrogen) atoms. The zero-order valence-corrected chi connectivity index (χ0v) is 14.9. The number of rotatable bonds is 5. The van der Waals surface area contributed by atoms with E-state index in [4.69, 9.17) is 16.3 Å². The van der Waals surface area contributed by atoms with Crippen LogP contribution in [0.4, 0.5) is 18.9 Å². The number of sulfonamides is 1. The van der Waals surface area contributed by atoms with Crippen LogP contribution < -0.4 is 4.72 Å². The fraction of sp³-hybridized carbons (Fsp3) is 0.188. The van der Waals surface area contributed by atoms with E-state index >= 15 is 0 Å². The van der Waals surface area contributed by atoms with Crippen molar-refractivity contribution < 1.29 is 31.1 Å². The van der Waals surface area contributed by atoms with E-state index in [0.717, 1.165) is 12.1 Å². The van der Waals surface area contributed by atoms with Gasteiger partial charge in [0.05, 0.1) is 27.7 Å². The summed E-state index contributed by atoms with van der Waals surface area (Å²) in [7, 11) is -4.33. The SMILES string of the molecule is CCOC(=O)c1cccc(NS(=O)(=O)c2ccc(Cl)c(C(F)(F)F)c2)c1. The fourth-order valence-corrected chi connectivity index (χ4v) is 3.33. The highest BCUT2D eigenvalue weighted by Crippen LogP contribution is 2.36. The van der Waals surface area contributed by atoms with Crippen LogP contribution in [0.3, 0.4) is 0 Å². The predicted octanol–water partition coefficient (Wildman–Crippen LogP) is 4.34. The molecule has 0 aliphatic carbocycles. The molecule has 2 aromatic rings. The molecule has 1 N–H and O–H groups in total. The third kappa shape index (κ3) is 4.67. The maximum Gasteiger partial charge on any atom is 0.417 e. The topological polar surface area (TPSA) is 72.5 Å². The zero-order chi connectivity index (χ0) is 19.5. The number of hydrogen-bond acceptors (Lipinski definition) is 4. The highest BCUT2D eigenvalue weighted by Gasteiger charge is 2.34. The lowest BCUT2D eigenvalue weighted by Gasteiger charge is -2.13. The highest BCUT2D eigenvalue weighted by atomic mass is 35.5. The standard InChI is InChI=1S/C16H13ClF3NO4S/c1-2-25-15(22)10-4-3-5-11(8-10)21-26(23,24)12-6-7-14(17)13(9-12)16(18,19)20/h3-9,21H,2H2,1H3. The van der Waals surface area contributed by atoms with E-state index in [9.17, 15) is 26.4 Å². The van der Waals surface area contributed by atoms with Gasteiger partial charge < -0.3 is 4.74 Å². The number of ether oxygens (including phenoxy) is 1. The zero-order valence-electron chi connectivity index (χ0n) is 13.3. The second kappa shape index (κ2) is 7.55. The summed E-state index contributed by atoms with van der Waals surface area (Å²) in [5, 5.41) is -0.610. The van der Waals surface area contributed by atoms with Gasteiger partial charge in [0.25, 0.3) is 10.0 Å². The van der Waals surface area contributed by atoms with Crippen LogP contribution in [0.2, 0.25) is 5.02 Å². The maximum atomic E-state index is 12.9. The van der Waals surface area contributed by atoms with Crippen molar-refractivity contribution in [3.8, 4) is 0 Å². The summed E-state index contributed by atoms with van der Waals surface area (Å²) >= 11 is 5.49. The summed E-state index contributed by atoms with van der Waals surface area (Å²) < 4.78 is 70.4. The highest BCUT2D eigenvalue weighted by molar-refractivity contribution is 7.92. The lowest BCUT2D eigenvalue weighted by molar-refractivity contribution is -0.137. The van der Waals surface area contributed by atoms with Crippen molar-refractivity contribution in [2.75, 3.05) is 11.3 Å². The van der Waals surface area contributed by atoms with Crippen molar-refractivity contribution in [2.45, 2.75) is 18.0 Å². The Morgan fingerprint density at radius 1 is 1.19 bits per heavy atom. The summed E-state index contributed by atoms with van der Waals surface area (Å²) in [5.74, 6) is -0.653. The van der Waals surface area contributed by atoms with E-state index < -0.39 is 37.7 Å². The minimum absolute atomic E-state index is 0.000869. The van der Waals surface area contributed by atoms with Crippen molar-refractivity contribution in [1.82, 2.24) is 0 Å². The van der Waals surface area contributed by atoms with Gasteiger partial charge in [0.1, 0.15) is 0 Å². The molecule has 2 aromatic carbocycles. The van der Waals surface area contributed by atoms with E-state index in [1.165, 1.54) is 24.3 Å².